The van der Waals surface area contributed by atoms with Crippen molar-refractivity contribution in [3.8, 4) is 28.8 Å². The molecule has 1 heterocycles. The highest BCUT2D eigenvalue weighted by atomic mass is 32.1. The number of aromatic nitrogens is 1. The van der Waals surface area contributed by atoms with Gasteiger partial charge in [-0.1, -0.05) is 48.5 Å². The first-order valence-electron chi connectivity index (χ1n) is 11.4. The molecule has 0 radical (unpaired) electrons. The topological polar surface area (TPSA) is 84.2 Å². The average molecular weight is 496 g/mol. The van der Waals surface area contributed by atoms with Crippen LogP contribution in [0, 0.1) is 25.2 Å². The Balaban J connectivity index is 1.34. The molecular weight excluding hydrogens is 470 g/mol. The third-order valence-corrected chi connectivity index (χ3v) is 6.19. The Hall–Kier alpha value is -4.41. The van der Waals surface area contributed by atoms with Gasteiger partial charge in [-0.2, -0.15) is 5.26 Å². The van der Waals surface area contributed by atoms with E-state index in [1.807, 2.05) is 79.0 Å². The van der Waals surface area contributed by atoms with E-state index in [1.54, 1.807) is 12.1 Å². The number of amides is 1. The Morgan fingerprint density at radius 1 is 0.972 bits per heavy atom. The Labute approximate surface area is 214 Å². The first-order valence-corrected chi connectivity index (χ1v) is 12.3. The van der Waals surface area contributed by atoms with Crippen LogP contribution in [0.25, 0.3) is 17.3 Å². The molecule has 1 aromatic heterocycles. The maximum absolute atomic E-state index is 12.7. The van der Waals surface area contributed by atoms with Crippen molar-refractivity contribution in [3.05, 3.63) is 100 Å². The molecular formula is C29H25N3O3S. The summed E-state index contributed by atoms with van der Waals surface area (Å²) in [4.78, 5) is 17.1. The zero-order chi connectivity index (χ0) is 25.3. The second-order valence-electron chi connectivity index (χ2n) is 8.04. The Bertz CT molecular complexity index is 1420. The van der Waals surface area contributed by atoms with Crippen molar-refractivity contribution in [3.63, 3.8) is 0 Å². The van der Waals surface area contributed by atoms with E-state index in [-0.39, 0.29) is 5.57 Å². The summed E-state index contributed by atoms with van der Waals surface area (Å²) in [5.74, 6) is 0.913. The number of hydrogen-bond acceptors (Lipinski definition) is 6. The summed E-state index contributed by atoms with van der Waals surface area (Å²) in [6.07, 6.45) is 1.53. The van der Waals surface area contributed by atoms with E-state index in [4.69, 9.17) is 9.47 Å². The summed E-state index contributed by atoms with van der Waals surface area (Å²) in [6, 6.07) is 24.8. The van der Waals surface area contributed by atoms with Gasteiger partial charge in [0.05, 0.1) is 5.69 Å². The van der Waals surface area contributed by atoms with Crippen LogP contribution < -0.4 is 14.8 Å². The zero-order valence-corrected chi connectivity index (χ0v) is 20.8. The fourth-order valence-electron chi connectivity index (χ4n) is 3.37. The van der Waals surface area contributed by atoms with Gasteiger partial charge in [0.15, 0.2) is 5.13 Å². The molecule has 3 aromatic carbocycles. The number of nitrogens with one attached hydrogen (secondary N) is 1. The predicted octanol–water partition coefficient (Wildman–Crippen LogP) is 6.43. The fourth-order valence-corrected chi connectivity index (χ4v) is 4.08. The second kappa shape index (κ2) is 11.8. The highest BCUT2D eigenvalue weighted by molar-refractivity contribution is 7.14. The molecule has 0 aliphatic heterocycles. The van der Waals surface area contributed by atoms with Crippen molar-refractivity contribution in [2.24, 2.45) is 0 Å². The molecule has 4 aromatic rings. The molecule has 6 nitrogen and oxygen atoms in total. The minimum absolute atomic E-state index is 0.0262. The Morgan fingerprint density at radius 3 is 2.44 bits per heavy atom. The second-order valence-corrected chi connectivity index (χ2v) is 8.90. The van der Waals surface area contributed by atoms with Crippen molar-refractivity contribution in [2.45, 2.75) is 13.8 Å². The smallest absolute Gasteiger partial charge is 0.268 e. The Kier molecular flexibility index (Phi) is 8.12. The van der Waals surface area contributed by atoms with E-state index in [0.717, 1.165) is 17.0 Å². The molecule has 0 fully saturated rings. The maximum atomic E-state index is 12.7. The van der Waals surface area contributed by atoms with Gasteiger partial charge in [0.25, 0.3) is 5.91 Å². The summed E-state index contributed by atoms with van der Waals surface area (Å²) in [7, 11) is 0. The van der Waals surface area contributed by atoms with Crippen molar-refractivity contribution in [1.82, 2.24) is 4.98 Å². The number of nitrogens with zero attached hydrogens (tertiary/aromatic N) is 2. The van der Waals surface area contributed by atoms with Crippen LogP contribution in [0.1, 0.15) is 16.7 Å². The van der Waals surface area contributed by atoms with Gasteiger partial charge in [-0.05, 0) is 60.9 Å². The summed E-state index contributed by atoms with van der Waals surface area (Å²) >= 11 is 1.31. The number of aryl methyl sites for hydroxylation is 2. The van der Waals surface area contributed by atoms with Crippen LogP contribution in [0.2, 0.25) is 0 Å². The number of nitriles is 1. The van der Waals surface area contributed by atoms with Crippen LogP contribution in [0.3, 0.4) is 0 Å². The lowest BCUT2D eigenvalue weighted by Gasteiger charge is -2.10. The number of hydrogen-bond donors (Lipinski definition) is 1. The molecule has 7 heteroatoms. The molecule has 1 N–H and O–H groups in total. The molecule has 0 unspecified atom stereocenters. The molecule has 36 heavy (non-hydrogen) atoms. The van der Waals surface area contributed by atoms with Gasteiger partial charge < -0.3 is 9.47 Å². The summed E-state index contributed by atoms with van der Waals surface area (Å²) < 4.78 is 11.5. The minimum Gasteiger partial charge on any atom is -0.490 e. The van der Waals surface area contributed by atoms with E-state index in [9.17, 15) is 10.1 Å². The summed E-state index contributed by atoms with van der Waals surface area (Å²) in [5, 5.41) is 14.6. The van der Waals surface area contributed by atoms with Crippen molar-refractivity contribution in [1.29, 1.82) is 5.26 Å². The van der Waals surface area contributed by atoms with E-state index < -0.39 is 5.91 Å². The van der Waals surface area contributed by atoms with E-state index >= 15 is 0 Å². The van der Waals surface area contributed by atoms with Gasteiger partial charge in [0.2, 0.25) is 0 Å². The van der Waals surface area contributed by atoms with Gasteiger partial charge in [-0.25, -0.2) is 4.98 Å². The number of rotatable bonds is 9. The largest absolute Gasteiger partial charge is 0.490 e. The molecule has 0 atom stereocenters. The maximum Gasteiger partial charge on any atom is 0.268 e. The number of thiazole rings is 1. The number of carbonyl (C=O) groups excluding carboxylic acids is 1. The molecule has 180 valence electrons. The van der Waals surface area contributed by atoms with Crippen LogP contribution in [0.5, 0.6) is 11.5 Å². The molecule has 0 spiro atoms. The standard InChI is InChI=1S/C29H25N3O3S/c1-20-11-12-26(15-21(20)2)35-14-13-34-25-10-6-7-22(17-25)16-24(18-30)28(33)32-29-31-27(19-36-29)23-8-4-3-5-9-23/h3-12,15-17,19H,13-14H2,1-2H3,(H,31,32,33). The third kappa shape index (κ3) is 6.59. The van der Waals surface area contributed by atoms with Crippen molar-refractivity contribution < 1.29 is 14.3 Å². The molecule has 0 aliphatic carbocycles. The van der Waals surface area contributed by atoms with E-state index in [1.165, 1.54) is 28.5 Å². The Morgan fingerprint density at radius 2 is 1.72 bits per heavy atom. The normalized spacial score (nSPS) is 11.0. The SMILES string of the molecule is Cc1ccc(OCCOc2cccc(C=C(C#N)C(=O)Nc3nc(-c4ccccc4)cs3)c2)cc1C. The first kappa shape index (κ1) is 24.7. The molecule has 0 aliphatic rings. The van der Waals surface area contributed by atoms with E-state index in [0.29, 0.717) is 29.7 Å². The summed E-state index contributed by atoms with van der Waals surface area (Å²) in [5.41, 5.74) is 4.78. The van der Waals surface area contributed by atoms with Crippen LogP contribution in [0.4, 0.5) is 5.13 Å². The highest BCUT2D eigenvalue weighted by Gasteiger charge is 2.13. The van der Waals surface area contributed by atoms with Crippen LogP contribution in [-0.2, 0) is 4.79 Å². The number of benzene rings is 3. The molecule has 0 saturated heterocycles. The zero-order valence-electron chi connectivity index (χ0n) is 20.0. The van der Waals surface area contributed by atoms with Crippen LogP contribution >= 0.6 is 11.3 Å². The van der Waals surface area contributed by atoms with Gasteiger partial charge in [-0.3, -0.25) is 10.1 Å². The number of ether oxygens (including phenoxy) is 2. The lowest BCUT2D eigenvalue weighted by molar-refractivity contribution is -0.112. The lowest BCUT2D eigenvalue weighted by Crippen LogP contribution is -2.13. The van der Waals surface area contributed by atoms with E-state index in [2.05, 4.69) is 17.2 Å². The fraction of sp³-hybridized carbons (Fsp3) is 0.138. The van der Waals surface area contributed by atoms with Crippen LogP contribution in [-0.4, -0.2) is 24.1 Å². The van der Waals surface area contributed by atoms with Gasteiger partial charge in [0, 0.05) is 10.9 Å². The lowest BCUT2D eigenvalue weighted by atomic mass is 10.1. The number of anilines is 1. The molecule has 0 saturated carbocycles. The highest BCUT2D eigenvalue weighted by Crippen LogP contribution is 2.25. The van der Waals surface area contributed by atoms with Gasteiger partial charge >= 0.3 is 0 Å². The average Bonchev–Trinajstić information content (AvgIpc) is 3.36. The van der Waals surface area contributed by atoms with Crippen LogP contribution in [0.15, 0.2) is 83.7 Å². The third-order valence-electron chi connectivity index (χ3n) is 5.43. The molecule has 4 rings (SSSR count). The number of carbonyl (C=O) groups is 1. The quantitative estimate of drug-likeness (QED) is 0.164. The summed E-state index contributed by atoms with van der Waals surface area (Å²) in [6.45, 7) is 4.87. The minimum atomic E-state index is -0.514. The van der Waals surface area contributed by atoms with Gasteiger partial charge in [0.1, 0.15) is 36.4 Å². The first-order chi connectivity index (χ1) is 17.5. The van der Waals surface area contributed by atoms with Crippen molar-refractivity contribution >= 4 is 28.5 Å². The molecule has 0 bridgehead atoms. The predicted molar refractivity (Wildman–Crippen MR) is 143 cm³/mol. The van der Waals surface area contributed by atoms with Crippen molar-refractivity contribution in [2.75, 3.05) is 18.5 Å². The molecule has 1 amide bonds. The van der Waals surface area contributed by atoms with Gasteiger partial charge in [-0.15, -0.1) is 11.3 Å². The monoisotopic (exact) mass is 495 g/mol.